The Kier molecular flexibility index (Phi) is 61.7. The molecule has 1 heterocycles. The molecule has 1 unspecified atom stereocenters. The number of benzene rings is 15. The Morgan fingerprint density at radius 3 is 0.753 bits per heavy atom. The number of hydrogen-bond acceptors (Lipinski definition) is 15. The molecule has 1 atom stereocenters. The normalized spacial score (nSPS) is 11.0. The molecule has 21 heteroatoms. The van der Waals surface area contributed by atoms with Gasteiger partial charge in [-0.1, -0.05) is 486 Å². The van der Waals surface area contributed by atoms with Crippen LogP contribution < -0.4 is 63.7 Å². The second-order valence-corrected chi connectivity index (χ2v) is 42.5. The van der Waals surface area contributed by atoms with Gasteiger partial charge in [-0.25, -0.2) is 19.3 Å². The Hall–Kier alpha value is -12.8. The number of carbonyl (C=O) groups excluding carboxylic acids is 6. The predicted molar refractivity (Wildman–Crippen MR) is 613 cm³/mol. The number of phenols is 2. The van der Waals surface area contributed by atoms with Crippen LogP contribution in [0.5, 0.6) is 11.5 Å². The van der Waals surface area contributed by atoms with Gasteiger partial charge in [-0.05, 0) is 202 Å². The summed E-state index contributed by atoms with van der Waals surface area (Å²) >= 11 is 2.19. The maximum absolute atomic E-state index is 11.6. The van der Waals surface area contributed by atoms with Crippen LogP contribution in [0.1, 0.15) is 140 Å². The third-order valence-electron chi connectivity index (χ3n) is 21.4. The second-order valence-electron chi connectivity index (χ2n) is 32.4. The number of rotatable bonds is 38. The summed E-state index contributed by atoms with van der Waals surface area (Å²) in [4.78, 5) is 68.0. The minimum Gasteiger partial charge on any atom is -0.508 e. The molecule has 758 valence electrons. The van der Waals surface area contributed by atoms with Crippen LogP contribution in [0.25, 0.3) is 12.2 Å². The van der Waals surface area contributed by atoms with E-state index in [0.717, 1.165) is 71.6 Å². The minimum atomic E-state index is -0.578. The van der Waals surface area contributed by atoms with Gasteiger partial charge in [-0.15, -0.1) is 0 Å². The molecule has 0 saturated carbocycles. The number of aromatic hydroxyl groups is 2. The topological polar surface area (TPSA) is 218 Å². The number of esters is 5. The summed E-state index contributed by atoms with van der Waals surface area (Å²) in [6, 6.07) is 150. The molecule has 1 aliphatic rings. The molecule has 1 aliphatic heterocycles. The van der Waals surface area contributed by atoms with Crippen LogP contribution in [0.15, 0.2) is 462 Å². The van der Waals surface area contributed by atoms with Gasteiger partial charge in [-0.3, -0.25) is 19.6 Å². The van der Waals surface area contributed by atoms with Crippen molar-refractivity contribution in [2.24, 2.45) is 0 Å². The van der Waals surface area contributed by atoms with E-state index in [4.69, 9.17) is 29.7 Å². The quantitative estimate of drug-likeness (QED) is 0.00280. The van der Waals surface area contributed by atoms with Crippen LogP contribution in [-0.2, 0) is 77.8 Å². The molecule has 16 rings (SSSR count). The molecule has 0 bridgehead atoms. The van der Waals surface area contributed by atoms with E-state index in [2.05, 4.69) is 428 Å². The van der Waals surface area contributed by atoms with Crippen LogP contribution in [0, 0.1) is 3.57 Å². The number of cyclic esters (lactones) is 2. The summed E-state index contributed by atoms with van der Waals surface area (Å²) in [5.41, 5.74) is 2.43. The van der Waals surface area contributed by atoms with Gasteiger partial charge in [0.25, 0.3) is 6.47 Å². The number of unbranched alkanes of at least 4 members (excludes halogenated alkanes) is 9. The van der Waals surface area contributed by atoms with Gasteiger partial charge in [0.05, 0.1) is 39.3 Å². The number of carbonyl (C=O) groups is 6. The SMILES string of the molecule is C=CC(=O)OCCCCCC.CCCCCCOC(=O)C=Cc1ccc(C(CCOC=O)OO)cc1.CCCCCCOC(=O)C=Cc1ccc(O)cc1.O=C1CCC(=O)O1.Oc1ccc(I)cc1.[Pd].c1ccc(P(c2ccccc2)c2ccccc2)cc1.c1ccc(P(c2ccccc2)c2ccccc2)cc1.c1ccc(P(c2ccccc2)c2ccccc2)cc1.c1ccc(P(c2ccccc2)c2ccccc2)cc1. The molecule has 15 nitrogen and oxygen atoms in total. The van der Waals surface area contributed by atoms with E-state index in [0.29, 0.717) is 38.5 Å². The summed E-state index contributed by atoms with van der Waals surface area (Å²) in [5.74, 6) is -1.25. The van der Waals surface area contributed by atoms with E-state index in [-0.39, 0.29) is 63.5 Å². The Balaban J connectivity index is 0.000000226. The fraction of sp³-hybridized carbons (Fsp3) is 0.184. The predicted octanol–water partition coefficient (Wildman–Crippen LogP) is 25.4. The van der Waals surface area contributed by atoms with E-state index < -0.39 is 49.7 Å². The van der Waals surface area contributed by atoms with Gasteiger partial charge in [-0.2, -0.15) is 0 Å². The molecule has 0 aromatic heterocycles. The Morgan fingerprint density at radius 2 is 0.555 bits per heavy atom. The molecule has 1 saturated heterocycles. The van der Waals surface area contributed by atoms with Gasteiger partial charge in [0.15, 0.2) is 0 Å². The standard InChI is InChI=1S/C19H26O6.4C18H15P.C15H20O3.C9H16O2.C6H5IO.C4H4O3.Pd/c1-2-3-4-5-13-24-19(21)11-8-16-6-9-17(10-7-16)18(25-22)12-14-23-15-20;4*1-4-10-16(11-5-1)19(17-12-6-2-7-13-17)18-14-8-3-9-15-18;1-2-3-4-5-12-18-15(17)11-8-13-6-9-14(16)10-7-13;1-3-5-6-7-8-11-9(10)4-2;7-5-1-3-6(8)4-2-5;5-3-1-2-4(6)7-3;/h6-11,15,18,22H,2-5,12-14H2,1H3;4*1-15H;6-11,16H,2-5,12H2,1H3;4H,2-3,5-8H2,1H3;1-4,8H;1-2H2;. The van der Waals surface area contributed by atoms with Crippen LogP contribution in [0.3, 0.4) is 0 Å². The van der Waals surface area contributed by atoms with Crippen molar-refractivity contribution >= 4 is 166 Å². The minimum absolute atomic E-state index is 0. The maximum atomic E-state index is 11.6. The average Bonchev–Trinajstić information content (AvgIpc) is 0.893. The fourth-order valence-electron chi connectivity index (χ4n) is 14.1. The molecule has 15 aromatic carbocycles. The smallest absolute Gasteiger partial charge is 0.330 e. The van der Waals surface area contributed by atoms with Crippen LogP contribution in [-0.4, -0.2) is 78.2 Å². The molecule has 0 spiro atoms. The Morgan fingerprint density at radius 1 is 0.329 bits per heavy atom. The second kappa shape index (κ2) is 75.0. The molecule has 0 amide bonds. The molecule has 146 heavy (non-hydrogen) atoms. The van der Waals surface area contributed by atoms with Crippen LogP contribution in [0.4, 0.5) is 0 Å². The van der Waals surface area contributed by atoms with Crippen molar-refractivity contribution in [2.45, 2.75) is 123 Å². The first-order chi connectivity index (χ1) is 71.1. The molecular weight excluding hydrogens is 2100 g/mol. The molecule has 1 fully saturated rings. The van der Waals surface area contributed by atoms with E-state index in [9.17, 15) is 28.8 Å². The van der Waals surface area contributed by atoms with Crippen molar-refractivity contribution in [3.05, 3.63) is 482 Å². The number of phenolic OH excluding ortho intramolecular Hbond substituents is 2. The number of halogens is 1. The van der Waals surface area contributed by atoms with Gasteiger partial charge < -0.3 is 33.9 Å². The van der Waals surface area contributed by atoms with E-state index in [1.807, 2.05) is 12.1 Å². The van der Waals surface area contributed by atoms with Crippen LogP contribution in [0.2, 0.25) is 0 Å². The van der Waals surface area contributed by atoms with Crippen molar-refractivity contribution in [1.82, 2.24) is 0 Å². The molecular formula is C125H131IO15P4Pd. The third-order valence-corrected chi connectivity index (χ3v) is 31.9. The summed E-state index contributed by atoms with van der Waals surface area (Å²) in [6.07, 6.45) is 20.8. The van der Waals surface area contributed by atoms with Crippen LogP contribution >= 0.6 is 54.3 Å². The number of hydrogen-bond donors (Lipinski definition) is 3. The van der Waals surface area contributed by atoms with Gasteiger partial charge in [0, 0.05) is 48.6 Å². The average molecular weight is 2230 g/mol. The molecule has 0 radical (unpaired) electrons. The van der Waals surface area contributed by atoms with Gasteiger partial charge >= 0.3 is 29.8 Å². The largest absolute Gasteiger partial charge is 0.508 e. The van der Waals surface area contributed by atoms with E-state index >= 15 is 0 Å². The zero-order valence-corrected chi connectivity index (χ0v) is 90.3. The maximum Gasteiger partial charge on any atom is 0.330 e. The Bertz CT molecular complexity index is 5190. The van der Waals surface area contributed by atoms with E-state index in [1.165, 1.54) is 108 Å². The summed E-state index contributed by atoms with van der Waals surface area (Å²) < 4.78 is 24.8. The first-order valence-corrected chi connectivity index (χ1v) is 55.3. The summed E-state index contributed by atoms with van der Waals surface area (Å²) in [7, 11) is -1.78. The zero-order chi connectivity index (χ0) is 103. The van der Waals surface area contributed by atoms with Gasteiger partial charge in [0.2, 0.25) is 0 Å². The summed E-state index contributed by atoms with van der Waals surface area (Å²) in [6.45, 7) is 11.7. The molecule has 0 aliphatic carbocycles. The van der Waals surface area contributed by atoms with Gasteiger partial charge in [0.1, 0.15) is 17.6 Å². The van der Waals surface area contributed by atoms with Crippen molar-refractivity contribution in [2.75, 3.05) is 26.4 Å². The zero-order valence-electron chi connectivity index (χ0n) is 83.0. The first kappa shape index (κ1) is 120. The third kappa shape index (κ3) is 48.5. The van der Waals surface area contributed by atoms with Crippen molar-refractivity contribution < 1.29 is 93.2 Å². The van der Waals surface area contributed by atoms with E-state index in [1.54, 1.807) is 72.8 Å². The molecule has 15 aromatic rings. The van der Waals surface area contributed by atoms with Crippen molar-refractivity contribution in [3.63, 3.8) is 0 Å². The summed E-state index contributed by atoms with van der Waals surface area (Å²) in [5, 5.41) is 43.6. The Labute approximate surface area is 895 Å². The first-order valence-electron chi connectivity index (χ1n) is 48.8. The number of ether oxygens (including phenoxy) is 5. The molecule has 3 N–H and O–H groups in total. The monoisotopic (exact) mass is 2230 g/mol. The fourth-order valence-corrected chi connectivity index (χ4v) is 23.7. The van der Waals surface area contributed by atoms with Crippen molar-refractivity contribution in [3.8, 4) is 11.5 Å². The van der Waals surface area contributed by atoms with Crippen molar-refractivity contribution in [1.29, 1.82) is 0 Å².